The number of hydrogen-bond acceptors (Lipinski definition) is 5. The van der Waals surface area contributed by atoms with Crippen molar-refractivity contribution in [2.24, 2.45) is 0 Å². The zero-order valence-electron chi connectivity index (χ0n) is 21.6. The van der Waals surface area contributed by atoms with Crippen molar-refractivity contribution in [3.8, 4) is 11.1 Å². The van der Waals surface area contributed by atoms with Crippen LogP contribution >= 0.6 is 0 Å². The molecule has 3 rings (SSSR count). The minimum Gasteiger partial charge on any atom is -0.460 e. The van der Waals surface area contributed by atoms with E-state index >= 15 is 0 Å². The van der Waals surface area contributed by atoms with Crippen molar-refractivity contribution in [1.82, 2.24) is 5.48 Å². The molecule has 0 atom stereocenters. The highest BCUT2D eigenvalue weighted by atomic mass is 16.7. The van der Waals surface area contributed by atoms with Crippen LogP contribution in [0.15, 0.2) is 60.2 Å². The van der Waals surface area contributed by atoms with Crippen molar-refractivity contribution in [3.05, 3.63) is 71.3 Å². The van der Waals surface area contributed by atoms with Crippen LogP contribution in [-0.2, 0) is 25.6 Å². The third-order valence-corrected chi connectivity index (χ3v) is 6.14. The summed E-state index contributed by atoms with van der Waals surface area (Å²) in [4.78, 5) is 30.7. The number of carbonyl (C=O) groups is 2. The molecule has 0 amide bonds. The van der Waals surface area contributed by atoms with Crippen LogP contribution in [0.3, 0.4) is 0 Å². The van der Waals surface area contributed by atoms with Gasteiger partial charge in [-0.3, -0.25) is 4.79 Å². The number of esters is 1. The first-order valence-electron chi connectivity index (χ1n) is 12.7. The van der Waals surface area contributed by atoms with E-state index in [4.69, 9.17) is 9.57 Å². The second-order valence-electron chi connectivity index (χ2n) is 10.4. The van der Waals surface area contributed by atoms with E-state index in [2.05, 4.69) is 42.7 Å². The molecule has 1 N–H and O–H groups in total. The van der Waals surface area contributed by atoms with Crippen LogP contribution in [0.1, 0.15) is 76.8 Å². The maximum absolute atomic E-state index is 12.8. The molecular formula is C30H39NO4. The normalized spacial score (nSPS) is 15.0. The number of benzene rings is 2. The second kappa shape index (κ2) is 12.7. The van der Waals surface area contributed by atoms with Gasteiger partial charge in [0.2, 0.25) is 0 Å². The fourth-order valence-electron chi connectivity index (χ4n) is 4.42. The molecule has 2 aromatic rings. The number of ether oxygens (including phenoxy) is 1. The van der Waals surface area contributed by atoms with E-state index in [0.717, 1.165) is 32.1 Å². The Kier molecular flexibility index (Phi) is 9.67. The summed E-state index contributed by atoms with van der Waals surface area (Å²) in [6, 6.07) is 17.0. The summed E-state index contributed by atoms with van der Waals surface area (Å²) < 4.78 is 5.44. The van der Waals surface area contributed by atoms with Gasteiger partial charge in [0.15, 0.2) is 0 Å². The summed E-state index contributed by atoms with van der Waals surface area (Å²) in [7, 11) is 0. The lowest BCUT2D eigenvalue weighted by molar-refractivity contribution is -0.157. The first kappa shape index (κ1) is 26.7. The number of nitrogens with one attached hydrogen (secondary N) is 1. The van der Waals surface area contributed by atoms with Crippen LogP contribution in [0.5, 0.6) is 0 Å². The van der Waals surface area contributed by atoms with Gasteiger partial charge in [-0.25, -0.2) is 4.79 Å². The third-order valence-electron chi connectivity index (χ3n) is 6.14. The monoisotopic (exact) mass is 477 g/mol. The number of aryl methyl sites for hydroxylation is 2. The van der Waals surface area contributed by atoms with E-state index < -0.39 is 17.5 Å². The van der Waals surface area contributed by atoms with Crippen molar-refractivity contribution >= 4 is 11.9 Å². The molecule has 0 radical (unpaired) electrons. The molecule has 0 aliphatic heterocycles. The highest BCUT2D eigenvalue weighted by Gasteiger charge is 2.22. The molecule has 1 aliphatic carbocycles. The summed E-state index contributed by atoms with van der Waals surface area (Å²) in [5, 5.41) is 0. The van der Waals surface area contributed by atoms with Gasteiger partial charge in [0.05, 0.1) is 6.42 Å². The summed E-state index contributed by atoms with van der Waals surface area (Å²) in [5.74, 6) is -0.932. The average molecular weight is 478 g/mol. The van der Waals surface area contributed by atoms with E-state index in [1.54, 1.807) is 0 Å². The van der Waals surface area contributed by atoms with E-state index in [-0.39, 0.29) is 12.5 Å². The third kappa shape index (κ3) is 8.99. The van der Waals surface area contributed by atoms with E-state index in [9.17, 15) is 9.59 Å². The van der Waals surface area contributed by atoms with E-state index in [1.165, 1.54) is 28.7 Å². The topological polar surface area (TPSA) is 64.6 Å². The zero-order chi connectivity index (χ0) is 25.3. The van der Waals surface area contributed by atoms with E-state index in [0.29, 0.717) is 12.0 Å². The minimum absolute atomic E-state index is 0.103. The molecule has 5 heteroatoms. The number of hydroxylamine groups is 1. The molecule has 1 saturated carbocycles. The van der Waals surface area contributed by atoms with Crippen LogP contribution in [-0.4, -0.2) is 23.6 Å². The summed E-state index contributed by atoms with van der Waals surface area (Å²) in [6.45, 7) is 7.57. The van der Waals surface area contributed by atoms with Gasteiger partial charge < -0.3 is 9.57 Å². The van der Waals surface area contributed by atoms with Crippen molar-refractivity contribution in [2.75, 3.05) is 0 Å². The predicted molar refractivity (Wildman–Crippen MR) is 140 cm³/mol. The van der Waals surface area contributed by atoms with Gasteiger partial charge in [-0.05, 0) is 75.6 Å². The van der Waals surface area contributed by atoms with Gasteiger partial charge in [-0.1, -0.05) is 73.9 Å². The van der Waals surface area contributed by atoms with Gasteiger partial charge in [-0.15, -0.1) is 5.48 Å². The Morgan fingerprint density at radius 3 is 2.40 bits per heavy atom. The predicted octanol–water partition coefficient (Wildman–Crippen LogP) is 6.63. The Morgan fingerprint density at radius 1 is 1.03 bits per heavy atom. The lowest BCUT2D eigenvalue weighted by Gasteiger charge is -2.22. The molecule has 188 valence electrons. The Labute approximate surface area is 209 Å². The fraction of sp³-hybridized carbons (Fsp3) is 0.467. The average Bonchev–Trinajstić information content (AvgIpc) is 2.82. The zero-order valence-corrected chi connectivity index (χ0v) is 21.6. The van der Waals surface area contributed by atoms with Crippen LogP contribution in [0.4, 0.5) is 0 Å². The van der Waals surface area contributed by atoms with Gasteiger partial charge in [0, 0.05) is 11.6 Å². The van der Waals surface area contributed by atoms with Gasteiger partial charge >= 0.3 is 11.9 Å². The van der Waals surface area contributed by atoms with Gasteiger partial charge in [-0.2, -0.15) is 0 Å². The number of hydrogen-bond donors (Lipinski definition) is 1. The summed E-state index contributed by atoms with van der Waals surface area (Å²) in [6.07, 6.45) is 8.59. The highest BCUT2D eigenvalue weighted by Crippen LogP contribution is 2.25. The van der Waals surface area contributed by atoms with Crippen molar-refractivity contribution in [2.45, 2.75) is 90.7 Å². The van der Waals surface area contributed by atoms with Crippen LogP contribution in [0, 0.1) is 6.92 Å². The first-order valence-corrected chi connectivity index (χ1v) is 12.7. The minimum atomic E-state index is -0.607. The molecule has 0 bridgehead atoms. The molecule has 0 spiro atoms. The molecule has 2 aromatic carbocycles. The molecular weight excluding hydrogens is 438 g/mol. The molecule has 0 aromatic heterocycles. The number of carbonyl (C=O) groups excluding carboxylic acids is 2. The molecule has 0 heterocycles. The van der Waals surface area contributed by atoms with Crippen molar-refractivity contribution in [3.63, 3.8) is 0 Å². The number of allylic oxidation sites excluding steroid dienone is 1. The quantitative estimate of drug-likeness (QED) is 0.249. The van der Waals surface area contributed by atoms with Gasteiger partial charge in [0.25, 0.3) is 0 Å². The lowest BCUT2D eigenvalue weighted by atomic mass is 9.96. The molecule has 5 nitrogen and oxygen atoms in total. The number of rotatable bonds is 9. The molecule has 35 heavy (non-hydrogen) atoms. The van der Waals surface area contributed by atoms with Crippen LogP contribution in [0.2, 0.25) is 0 Å². The second-order valence-corrected chi connectivity index (χ2v) is 10.4. The Hall–Kier alpha value is -2.92. The lowest BCUT2D eigenvalue weighted by Crippen LogP contribution is -2.34. The van der Waals surface area contributed by atoms with Crippen LogP contribution in [0.25, 0.3) is 11.1 Å². The molecule has 0 unspecified atom stereocenters. The smallest absolute Gasteiger partial charge is 0.352 e. The maximum atomic E-state index is 12.8. The van der Waals surface area contributed by atoms with Gasteiger partial charge in [0.1, 0.15) is 5.60 Å². The Morgan fingerprint density at radius 2 is 1.74 bits per heavy atom. The summed E-state index contributed by atoms with van der Waals surface area (Å²) in [5.41, 5.74) is 7.45. The van der Waals surface area contributed by atoms with E-state index in [1.807, 2.05) is 45.0 Å². The van der Waals surface area contributed by atoms with Crippen LogP contribution < -0.4 is 5.48 Å². The summed E-state index contributed by atoms with van der Waals surface area (Å²) >= 11 is 0. The Balaban J connectivity index is 1.64. The fourth-order valence-corrected chi connectivity index (χ4v) is 4.42. The largest absolute Gasteiger partial charge is 0.460 e. The van der Waals surface area contributed by atoms with Crippen molar-refractivity contribution in [1.29, 1.82) is 0 Å². The SMILES string of the molecule is Cc1cc(CC/C=C(\CC(=O)OC(C)(C)C)C(=O)ONC2CCCCC2)ccc1-c1ccccc1. The standard InChI is InChI=1S/C30H39NO4/c1-22-20-23(18-19-27(22)24-13-7-5-8-14-24)12-11-15-25(21-28(32)34-30(2,3)4)29(33)35-31-26-16-9-6-10-17-26/h5,7-8,13-15,18-20,26,31H,6,9-12,16-17,21H2,1-4H3/b25-15+. The van der Waals surface area contributed by atoms with Crippen molar-refractivity contribution < 1.29 is 19.2 Å². The molecule has 1 aliphatic rings. The molecule has 1 fully saturated rings. The molecule has 0 saturated heterocycles. The maximum Gasteiger partial charge on any atom is 0.352 e. The highest BCUT2D eigenvalue weighted by molar-refractivity contribution is 5.93. The first-order chi connectivity index (χ1) is 16.7. The Bertz CT molecular complexity index is 1010.